The van der Waals surface area contributed by atoms with Crippen LogP contribution in [-0.2, 0) is 0 Å². The Morgan fingerprint density at radius 1 is 1.25 bits per heavy atom. The third-order valence-corrected chi connectivity index (χ3v) is 4.15. The van der Waals surface area contributed by atoms with Crippen LogP contribution in [0, 0.1) is 5.92 Å². The molecule has 24 heavy (non-hydrogen) atoms. The Kier molecular flexibility index (Phi) is 4.71. The summed E-state index contributed by atoms with van der Waals surface area (Å²) in [4.78, 5) is 4.42. The number of hydrogen-bond acceptors (Lipinski definition) is 3. The van der Waals surface area contributed by atoms with Gasteiger partial charge >= 0.3 is 0 Å². The number of methoxy groups -OCH3 is 1. The Labute approximate surface area is 146 Å². The highest BCUT2D eigenvalue weighted by Gasteiger charge is 2.28. The second-order valence-electron chi connectivity index (χ2n) is 5.59. The summed E-state index contributed by atoms with van der Waals surface area (Å²) in [7, 11) is 1.61. The summed E-state index contributed by atoms with van der Waals surface area (Å²) in [5.74, 6) is 1.18. The average Bonchev–Trinajstić information content (AvgIpc) is 2.97. The molecule has 0 fully saturated rings. The zero-order chi connectivity index (χ0) is 17.1. The summed E-state index contributed by atoms with van der Waals surface area (Å²) < 4.78 is 5.44. The molecule has 0 aromatic heterocycles. The fraction of sp³-hybridized carbons (Fsp3) is 0.222. The maximum atomic E-state index is 6.22. The molecule has 2 N–H and O–H groups in total. The smallest absolute Gasteiger partial charge is 0.217 e. The molecule has 0 aliphatic carbocycles. The Morgan fingerprint density at radius 3 is 2.71 bits per heavy atom. The minimum Gasteiger partial charge on any atom is -0.494 e. The monoisotopic (exact) mass is 342 g/mol. The van der Waals surface area contributed by atoms with Crippen LogP contribution in [0.3, 0.4) is 0 Å². The van der Waals surface area contributed by atoms with Gasteiger partial charge in [0.1, 0.15) is 5.75 Å². The molecule has 1 heterocycles. The van der Waals surface area contributed by atoms with E-state index < -0.39 is 0 Å². The minimum absolute atomic E-state index is 0.182. The van der Waals surface area contributed by atoms with Gasteiger partial charge in [-0.2, -0.15) is 5.10 Å². The van der Waals surface area contributed by atoms with Crippen molar-refractivity contribution in [3.05, 3.63) is 59.1 Å². The number of hydrazone groups is 1. The van der Waals surface area contributed by atoms with Crippen molar-refractivity contribution in [1.82, 2.24) is 5.01 Å². The summed E-state index contributed by atoms with van der Waals surface area (Å²) in [5, 5.41) is 6.92. The van der Waals surface area contributed by atoms with Gasteiger partial charge < -0.3 is 10.5 Å². The molecule has 5 nitrogen and oxygen atoms in total. The number of aliphatic imine (C=N–C) groups is 1. The van der Waals surface area contributed by atoms with Crippen molar-refractivity contribution < 1.29 is 4.74 Å². The number of nitrogens with zero attached hydrogens (tertiary/aromatic N) is 3. The lowest BCUT2D eigenvalue weighted by Gasteiger charge is -2.12. The third kappa shape index (κ3) is 3.21. The van der Waals surface area contributed by atoms with E-state index in [4.69, 9.17) is 22.1 Å². The molecule has 2 aromatic rings. The molecule has 1 atom stereocenters. The standard InChI is InChI=1S/C18H19ClN4O/c1-12-11-23(18(20)21-13-7-4-3-5-8-13)22-16(12)14-9-6-10-15(19)17(14)24-2/h3-10,12H,11H2,1-2H3,(H2,20,21). The van der Waals surface area contributed by atoms with Gasteiger partial charge in [-0.25, -0.2) is 10.0 Å². The van der Waals surface area contributed by atoms with Gasteiger partial charge in [-0.15, -0.1) is 0 Å². The van der Waals surface area contributed by atoms with Gasteiger partial charge in [-0.3, -0.25) is 0 Å². The first kappa shape index (κ1) is 16.3. The molecule has 1 aliphatic heterocycles. The Morgan fingerprint density at radius 2 is 2.00 bits per heavy atom. The van der Waals surface area contributed by atoms with Crippen molar-refractivity contribution in [2.45, 2.75) is 6.92 Å². The van der Waals surface area contributed by atoms with Gasteiger partial charge in [-0.1, -0.05) is 42.8 Å². The predicted molar refractivity (Wildman–Crippen MR) is 98.1 cm³/mol. The van der Waals surface area contributed by atoms with E-state index in [0.29, 0.717) is 23.3 Å². The largest absolute Gasteiger partial charge is 0.494 e. The fourth-order valence-corrected chi connectivity index (χ4v) is 2.94. The number of guanidine groups is 1. The summed E-state index contributed by atoms with van der Waals surface area (Å²) in [6.07, 6.45) is 0. The molecule has 124 valence electrons. The normalized spacial score (nSPS) is 17.8. The Hall–Kier alpha value is -2.53. The van der Waals surface area contributed by atoms with Crippen molar-refractivity contribution in [3.8, 4) is 5.75 Å². The first-order valence-electron chi connectivity index (χ1n) is 7.68. The van der Waals surface area contributed by atoms with Gasteiger partial charge in [0, 0.05) is 11.5 Å². The van der Waals surface area contributed by atoms with E-state index in [9.17, 15) is 0 Å². The number of rotatable bonds is 3. The summed E-state index contributed by atoms with van der Waals surface area (Å²) in [5.41, 5.74) is 8.69. The lowest BCUT2D eigenvalue weighted by Crippen LogP contribution is -2.32. The molecule has 0 amide bonds. The lowest BCUT2D eigenvalue weighted by atomic mass is 9.98. The van der Waals surface area contributed by atoms with E-state index in [2.05, 4.69) is 17.0 Å². The van der Waals surface area contributed by atoms with Crippen LogP contribution in [0.15, 0.2) is 58.6 Å². The van der Waals surface area contributed by atoms with Crippen LogP contribution in [0.5, 0.6) is 5.75 Å². The van der Waals surface area contributed by atoms with Crippen LogP contribution < -0.4 is 10.5 Å². The fourth-order valence-electron chi connectivity index (χ4n) is 2.69. The first-order valence-corrected chi connectivity index (χ1v) is 8.06. The van der Waals surface area contributed by atoms with Crippen LogP contribution in [0.2, 0.25) is 5.02 Å². The van der Waals surface area contributed by atoms with Gasteiger partial charge in [0.15, 0.2) is 0 Å². The highest BCUT2D eigenvalue weighted by Crippen LogP contribution is 2.32. The Balaban J connectivity index is 1.93. The molecule has 0 saturated carbocycles. The van der Waals surface area contributed by atoms with E-state index in [-0.39, 0.29) is 5.92 Å². The average molecular weight is 343 g/mol. The SMILES string of the molecule is COc1c(Cl)cccc1C1=NN(C(N)=Nc2ccccc2)CC1C. The van der Waals surface area contributed by atoms with Crippen molar-refractivity contribution in [2.75, 3.05) is 13.7 Å². The summed E-state index contributed by atoms with van der Waals surface area (Å²) in [6.45, 7) is 2.75. The third-order valence-electron chi connectivity index (χ3n) is 3.85. The molecule has 1 unspecified atom stereocenters. The number of nitrogens with two attached hydrogens (primary N) is 1. The van der Waals surface area contributed by atoms with E-state index in [0.717, 1.165) is 17.0 Å². The quantitative estimate of drug-likeness (QED) is 0.684. The molecule has 0 bridgehead atoms. The minimum atomic E-state index is 0.182. The second kappa shape index (κ2) is 6.93. The van der Waals surface area contributed by atoms with E-state index >= 15 is 0 Å². The van der Waals surface area contributed by atoms with Crippen LogP contribution >= 0.6 is 11.6 Å². The van der Waals surface area contributed by atoms with Crippen LogP contribution in [-0.4, -0.2) is 30.3 Å². The van der Waals surface area contributed by atoms with E-state index in [1.807, 2.05) is 42.5 Å². The zero-order valence-electron chi connectivity index (χ0n) is 13.6. The maximum absolute atomic E-state index is 6.22. The highest BCUT2D eigenvalue weighted by molar-refractivity contribution is 6.32. The number of hydrogen-bond donors (Lipinski definition) is 1. The van der Waals surface area contributed by atoms with Crippen molar-refractivity contribution in [3.63, 3.8) is 0 Å². The van der Waals surface area contributed by atoms with Gasteiger partial charge in [0.25, 0.3) is 0 Å². The molecule has 6 heteroatoms. The number of halogens is 1. The molecule has 3 rings (SSSR count). The summed E-state index contributed by atoms with van der Waals surface area (Å²) >= 11 is 6.22. The first-order chi connectivity index (χ1) is 11.6. The molecular weight excluding hydrogens is 324 g/mol. The number of para-hydroxylation sites is 2. The lowest BCUT2D eigenvalue weighted by molar-refractivity contribution is 0.414. The molecule has 0 radical (unpaired) electrons. The Bertz CT molecular complexity index is 789. The topological polar surface area (TPSA) is 63.2 Å². The van der Waals surface area contributed by atoms with E-state index in [1.165, 1.54) is 0 Å². The molecule has 0 spiro atoms. The van der Waals surface area contributed by atoms with Crippen LogP contribution in [0.1, 0.15) is 12.5 Å². The van der Waals surface area contributed by atoms with Crippen molar-refractivity contribution in [1.29, 1.82) is 0 Å². The van der Waals surface area contributed by atoms with Crippen molar-refractivity contribution in [2.24, 2.45) is 21.7 Å². The molecule has 1 aliphatic rings. The van der Waals surface area contributed by atoms with Gasteiger partial charge in [0.05, 0.1) is 30.1 Å². The van der Waals surface area contributed by atoms with Crippen LogP contribution in [0.25, 0.3) is 0 Å². The predicted octanol–water partition coefficient (Wildman–Crippen LogP) is 3.65. The molecule has 0 saturated heterocycles. The van der Waals surface area contributed by atoms with Gasteiger partial charge in [-0.05, 0) is 24.3 Å². The number of benzene rings is 2. The van der Waals surface area contributed by atoms with E-state index in [1.54, 1.807) is 18.2 Å². The van der Waals surface area contributed by atoms with Gasteiger partial charge in [0.2, 0.25) is 5.96 Å². The molecule has 2 aromatic carbocycles. The second-order valence-corrected chi connectivity index (χ2v) is 6.00. The molecular formula is C18H19ClN4O. The zero-order valence-corrected chi connectivity index (χ0v) is 14.4. The van der Waals surface area contributed by atoms with Crippen LogP contribution in [0.4, 0.5) is 5.69 Å². The highest BCUT2D eigenvalue weighted by atomic mass is 35.5. The van der Waals surface area contributed by atoms with Crippen molar-refractivity contribution >= 4 is 29.0 Å². The maximum Gasteiger partial charge on any atom is 0.217 e. The number of ether oxygens (including phenoxy) is 1. The summed E-state index contributed by atoms with van der Waals surface area (Å²) in [6, 6.07) is 15.2.